The van der Waals surface area contributed by atoms with Crippen molar-refractivity contribution in [3.05, 3.63) is 162 Å². The monoisotopic (exact) mass is 584 g/mol. The molecule has 3 heterocycles. The number of hydrogen-bond donors (Lipinski definition) is 0. The summed E-state index contributed by atoms with van der Waals surface area (Å²) >= 11 is 0. The van der Waals surface area contributed by atoms with Gasteiger partial charge in [-0.1, -0.05) is 84.9 Å². The highest BCUT2D eigenvalue weighted by Crippen LogP contribution is 2.62. The van der Waals surface area contributed by atoms with E-state index in [1.54, 1.807) is 0 Å². The summed E-state index contributed by atoms with van der Waals surface area (Å²) in [4.78, 5) is 12.1. The number of benzene rings is 5. The fraction of sp³-hybridized carbons (Fsp3) is 0.125. The topological polar surface area (TPSA) is 31.8 Å². The van der Waals surface area contributed by atoms with E-state index < -0.39 is 5.41 Å². The van der Waals surface area contributed by atoms with Gasteiger partial charge in [-0.25, -0.2) is 4.98 Å². The number of anilines is 4. The van der Waals surface area contributed by atoms with E-state index in [0.29, 0.717) is 0 Å². The van der Waals surface area contributed by atoms with Crippen molar-refractivity contribution in [1.82, 2.24) is 9.88 Å². The van der Waals surface area contributed by atoms with E-state index in [4.69, 9.17) is 9.72 Å². The van der Waals surface area contributed by atoms with Crippen molar-refractivity contribution in [3.63, 3.8) is 0 Å². The van der Waals surface area contributed by atoms with Gasteiger partial charge >= 0.3 is 0 Å². The van der Waals surface area contributed by atoms with Crippen LogP contribution in [0, 0.1) is 0 Å². The molecule has 5 aromatic carbocycles. The molecule has 0 unspecified atom stereocenters. The van der Waals surface area contributed by atoms with Gasteiger partial charge in [0.1, 0.15) is 17.3 Å². The number of likely N-dealkylation sites (N-methyl/N-ethyl adjacent to an activating group) is 1. The predicted molar refractivity (Wildman–Crippen MR) is 181 cm³/mol. The standard InChI is InChI=1S/C40H32N4O/c1-42-23-24-43(27-42)28-11-8-13-30(25-28)45-31-14-9-12-29(26-31)44-38-21-7-6-19-36(38)40(37-20-10-22-41-39(37)44)34-17-4-2-15-32(34)33-16-3-5-18-35(33)40/h2-22,25-26H,23-24,27H2,1H3. The zero-order valence-electron chi connectivity index (χ0n) is 25.1. The van der Waals surface area contributed by atoms with Crippen LogP contribution in [0.3, 0.4) is 0 Å². The molecule has 0 saturated carbocycles. The first-order valence-corrected chi connectivity index (χ1v) is 15.6. The Hall–Kier alpha value is -5.39. The lowest BCUT2D eigenvalue weighted by Crippen LogP contribution is -2.36. The summed E-state index contributed by atoms with van der Waals surface area (Å²) in [7, 11) is 2.16. The Morgan fingerprint density at radius 2 is 1.22 bits per heavy atom. The summed E-state index contributed by atoms with van der Waals surface area (Å²) in [6.07, 6.45) is 1.90. The summed E-state index contributed by atoms with van der Waals surface area (Å²) in [6.45, 7) is 3.02. The molecule has 0 bridgehead atoms. The van der Waals surface area contributed by atoms with Gasteiger partial charge in [-0.2, -0.15) is 0 Å². The number of fused-ring (bicyclic) bond motifs is 9. The van der Waals surface area contributed by atoms with Crippen LogP contribution in [0.5, 0.6) is 11.5 Å². The molecule has 1 saturated heterocycles. The second kappa shape index (κ2) is 10.1. The number of nitrogens with zero attached hydrogens (tertiary/aromatic N) is 4. The molecule has 0 amide bonds. The smallest absolute Gasteiger partial charge is 0.142 e. The summed E-state index contributed by atoms with van der Waals surface area (Å²) < 4.78 is 6.51. The minimum absolute atomic E-state index is 0.470. The van der Waals surface area contributed by atoms with Gasteiger partial charge in [0.2, 0.25) is 0 Å². The molecule has 1 fully saturated rings. The Kier molecular flexibility index (Phi) is 5.83. The van der Waals surface area contributed by atoms with E-state index >= 15 is 0 Å². The molecular weight excluding hydrogens is 552 g/mol. The van der Waals surface area contributed by atoms with Crippen LogP contribution in [0.4, 0.5) is 22.9 Å². The predicted octanol–water partition coefficient (Wildman–Crippen LogP) is 8.73. The van der Waals surface area contributed by atoms with Crippen LogP contribution in [0.15, 0.2) is 140 Å². The molecule has 45 heavy (non-hydrogen) atoms. The number of pyridine rings is 1. The van der Waals surface area contributed by atoms with E-state index in [1.165, 1.54) is 39.1 Å². The molecule has 218 valence electrons. The van der Waals surface area contributed by atoms with Gasteiger partial charge in [-0.15, -0.1) is 0 Å². The first-order valence-electron chi connectivity index (χ1n) is 15.6. The maximum atomic E-state index is 6.51. The molecule has 0 atom stereocenters. The maximum Gasteiger partial charge on any atom is 0.142 e. The van der Waals surface area contributed by atoms with Crippen LogP contribution in [-0.4, -0.2) is 36.7 Å². The Bertz CT molecular complexity index is 1990. The molecule has 9 rings (SSSR count). The highest BCUT2D eigenvalue weighted by Gasteiger charge is 2.52. The lowest BCUT2D eigenvalue weighted by atomic mass is 9.65. The van der Waals surface area contributed by atoms with Crippen LogP contribution in [-0.2, 0) is 5.41 Å². The molecule has 2 aliphatic heterocycles. The van der Waals surface area contributed by atoms with Gasteiger partial charge in [0, 0.05) is 42.7 Å². The van der Waals surface area contributed by atoms with E-state index in [9.17, 15) is 0 Å². The quantitative estimate of drug-likeness (QED) is 0.207. The minimum atomic E-state index is -0.470. The minimum Gasteiger partial charge on any atom is -0.457 e. The summed E-state index contributed by atoms with van der Waals surface area (Å²) in [5.74, 6) is 2.55. The van der Waals surface area contributed by atoms with Gasteiger partial charge in [-0.3, -0.25) is 9.80 Å². The van der Waals surface area contributed by atoms with E-state index in [2.05, 4.69) is 143 Å². The third kappa shape index (κ3) is 3.87. The molecular formula is C40H32N4O. The highest BCUT2D eigenvalue weighted by atomic mass is 16.5. The normalized spacial score (nSPS) is 15.8. The SMILES string of the molecule is CN1CCN(c2cccc(Oc3cccc(N4c5ccccc5C5(c6ccccc6-c6ccccc65)c5cccnc54)c3)c2)C1. The number of hydrogen-bond acceptors (Lipinski definition) is 5. The summed E-state index contributed by atoms with van der Waals surface area (Å²) in [6, 6.07) is 47.6. The van der Waals surface area contributed by atoms with Gasteiger partial charge in [0.25, 0.3) is 0 Å². The summed E-state index contributed by atoms with van der Waals surface area (Å²) in [5.41, 5.74) is 10.4. The van der Waals surface area contributed by atoms with Crippen molar-refractivity contribution >= 4 is 22.9 Å². The number of para-hydroxylation sites is 1. The third-order valence-electron chi connectivity index (χ3n) is 9.56. The Morgan fingerprint density at radius 1 is 0.600 bits per heavy atom. The number of ether oxygens (including phenoxy) is 1. The summed E-state index contributed by atoms with van der Waals surface area (Å²) in [5, 5.41) is 0. The average molecular weight is 585 g/mol. The Morgan fingerprint density at radius 3 is 1.93 bits per heavy atom. The fourth-order valence-electron chi connectivity index (χ4n) is 7.69. The molecule has 6 aromatic rings. The molecule has 5 nitrogen and oxygen atoms in total. The van der Waals surface area contributed by atoms with E-state index in [1.807, 2.05) is 18.3 Å². The molecule has 3 aliphatic rings. The van der Waals surface area contributed by atoms with Crippen LogP contribution in [0.2, 0.25) is 0 Å². The van der Waals surface area contributed by atoms with Crippen LogP contribution < -0.4 is 14.5 Å². The first-order chi connectivity index (χ1) is 22.2. The second-order valence-corrected chi connectivity index (χ2v) is 12.1. The number of aromatic nitrogens is 1. The third-order valence-corrected chi connectivity index (χ3v) is 9.56. The van der Waals surface area contributed by atoms with Gasteiger partial charge in [-0.05, 0) is 71.3 Å². The Labute approximate surface area is 263 Å². The maximum absolute atomic E-state index is 6.51. The lowest BCUT2D eigenvalue weighted by Gasteiger charge is -2.44. The second-order valence-electron chi connectivity index (χ2n) is 12.1. The zero-order valence-corrected chi connectivity index (χ0v) is 25.1. The average Bonchev–Trinajstić information content (AvgIpc) is 3.65. The van der Waals surface area contributed by atoms with Crippen molar-refractivity contribution in [2.24, 2.45) is 0 Å². The van der Waals surface area contributed by atoms with Crippen molar-refractivity contribution in [2.75, 3.05) is 36.6 Å². The van der Waals surface area contributed by atoms with Crippen molar-refractivity contribution in [1.29, 1.82) is 0 Å². The fourth-order valence-corrected chi connectivity index (χ4v) is 7.69. The molecule has 1 spiro atoms. The molecule has 0 N–H and O–H groups in total. The molecule has 0 radical (unpaired) electrons. The van der Waals surface area contributed by atoms with Gasteiger partial charge < -0.3 is 9.64 Å². The highest BCUT2D eigenvalue weighted by molar-refractivity contribution is 5.94. The first kappa shape index (κ1) is 26.1. The van der Waals surface area contributed by atoms with Gasteiger partial charge in [0.05, 0.1) is 23.5 Å². The lowest BCUT2D eigenvalue weighted by molar-refractivity contribution is 0.421. The van der Waals surface area contributed by atoms with Crippen LogP contribution >= 0.6 is 0 Å². The van der Waals surface area contributed by atoms with Gasteiger partial charge in [0.15, 0.2) is 0 Å². The zero-order chi connectivity index (χ0) is 30.0. The van der Waals surface area contributed by atoms with Crippen molar-refractivity contribution in [3.8, 4) is 22.6 Å². The molecule has 5 heteroatoms. The molecule has 1 aliphatic carbocycles. The van der Waals surface area contributed by atoms with Crippen LogP contribution in [0.25, 0.3) is 11.1 Å². The van der Waals surface area contributed by atoms with E-state index in [-0.39, 0.29) is 0 Å². The molecule has 1 aromatic heterocycles. The van der Waals surface area contributed by atoms with Crippen molar-refractivity contribution < 1.29 is 4.74 Å². The van der Waals surface area contributed by atoms with E-state index in [0.717, 1.165) is 48.4 Å². The van der Waals surface area contributed by atoms with Crippen molar-refractivity contribution in [2.45, 2.75) is 5.41 Å². The largest absolute Gasteiger partial charge is 0.457 e. The van der Waals surface area contributed by atoms with Crippen LogP contribution in [0.1, 0.15) is 22.3 Å². The Balaban J connectivity index is 1.18. The number of rotatable bonds is 4.